The number of amides is 2. The number of likely N-dealkylation sites (tertiary alicyclic amines) is 1. The van der Waals surface area contributed by atoms with Crippen molar-refractivity contribution in [2.45, 2.75) is 51.4 Å². The number of hydrogen-bond donors (Lipinski definition) is 1. The van der Waals surface area contributed by atoms with Crippen LogP contribution in [0.25, 0.3) is 0 Å². The summed E-state index contributed by atoms with van der Waals surface area (Å²) in [6.45, 7) is 4.00. The summed E-state index contributed by atoms with van der Waals surface area (Å²) in [5, 5.41) is 2.78. The summed E-state index contributed by atoms with van der Waals surface area (Å²) in [6.07, 6.45) is 5.62. The SMILES string of the molecule is CC(=O)NCCCCCC(=O)N1CCC(c2ccccc2)CC1. The number of nitrogens with zero attached hydrogens (tertiary/aromatic N) is 1. The summed E-state index contributed by atoms with van der Waals surface area (Å²) >= 11 is 0. The predicted octanol–water partition coefficient (Wildman–Crippen LogP) is 3.09. The molecule has 1 aromatic carbocycles. The number of nitrogens with one attached hydrogen (secondary N) is 1. The lowest BCUT2D eigenvalue weighted by Crippen LogP contribution is -2.37. The molecule has 4 heteroatoms. The Kier molecular flexibility index (Phi) is 7.11. The maximum Gasteiger partial charge on any atom is 0.222 e. The second-order valence-corrected chi connectivity index (χ2v) is 6.36. The van der Waals surface area contributed by atoms with Crippen molar-refractivity contribution in [3.8, 4) is 0 Å². The van der Waals surface area contributed by atoms with Crippen LogP contribution in [0.3, 0.4) is 0 Å². The highest BCUT2D eigenvalue weighted by molar-refractivity contribution is 5.76. The zero-order valence-electron chi connectivity index (χ0n) is 14.1. The summed E-state index contributed by atoms with van der Waals surface area (Å²) in [7, 11) is 0. The van der Waals surface area contributed by atoms with E-state index in [-0.39, 0.29) is 11.8 Å². The van der Waals surface area contributed by atoms with Crippen LogP contribution in [0, 0.1) is 0 Å². The molecule has 0 bridgehead atoms. The van der Waals surface area contributed by atoms with Gasteiger partial charge in [-0.15, -0.1) is 0 Å². The predicted molar refractivity (Wildman–Crippen MR) is 92.1 cm³/mol. The van der Waals surface area contributed by atoms with Crippen LogP contribution in [0.1, 0.15) is 56.9 Å². The molecule has 0 spiro atoms. The first-order valence-corrected chi connectivity index (χ1v) is 8.74. The number of benzene rings is 1. The van der Waals surface area contributed by atoms with Gasteiger partial charge in [-0.05, 0) is 37.2 Å². The van der Waals surface area contributed by atoms with E-state index in [1.807, 2.05) is 11.0 Å². The van der Waals surface area contributed by atoms with Gasteiger partial charge in [0, 0.05) is 33.0 Å². The van der Waals surface area contributed by atoms with Crippen molar-refractivity contribution in [3.05, 3.63) is 35.9 Å². The van der Waals surface area contributed by atoms with E-state index in [2.05, 4.69) is 29.6 Å². The Labute approximate surface area is 139 Å². The van der Waals surface area contributed by atoms with Gasteiger partial charge < -0.3 is 10.2 Å². The monoisotopic (exact) mass is 316 g/mol. The van der Waals surface area contributed by atoms with Gasteiger partial charge in [0.15, 0.2) is 0 Å². The topological polar surface area (TPSA) is 49.4 Å². The lowest BCUT2D eigenvalue weighted by atomic mass is 9.89. The minimum absolute atomic E-state index is 0.0161. The van der Waals surface area contributed by atoms with Crippen LogP contribution in [0.2, 0.25) is 0 Å². The van der Waals surface area contributed by atoms with Crippen molar-refractivity contribution in [2.24, 2.45) is 0 Å². The second-order valence-electron chi connectivity index (χ2n) is 6.36. The number of rotatable bonds is 7. The Morgan fingerprint density at radius 2 is 1.78 bits per heavy atom. The van der Waals surface area contributed by atoms with Gasteiger partial charge in [-0.2, -0.15) is 0 Å². The number of piperidine rings is 1. The lowest BCUT2D eigenvalue weighted by molar-refractivity contribution is -0.132. The second kappa shape index (κ2) is 9.33. The van der Waals surface area contributed by atoms with E-state index in [0.717, 1.165) is 45.2 Å². The van der Waals surface area contributed by atoms with E-state index in [1.54, 1.807) is 0 Å². The lowest BCUT2D eigenvalue weighted by Gasteiger charge is -2.32. The van der Waals surface area contributed by atoms with Crippen LogP contribution in [0.4, 0.5) is 0 Å². The van der Waals surface area contributed by atoms with Gasteiger partial charge in [-0.3, -0.25) is 9.59 Å². The average molecular weight is 316 g/mol. The van der Waals surface area contributed by atoms with E-state index >= 15 is 0 Å². The maximum atomic E-state index is 12.2. The third-order valence-electron chi connectivity index (χ3n) is 4.56. The van der Waals surface area contributed by atoms with Gasteiger partial charge in [0.1, 0.15) is 0 Å². The molecule has 0 radical (unpaired) electrons. The minimum Gasteiger partial charge on any atom is -0.356 e. The molecule has 1 fully saturated rings. The van der Waals surface area contributed by atoms with Crippen LogP contribution in [0.5, 0.6) is 0 Å². The Balaban J connectivity index is 1.61. The Hall–Kier alpha value is -1.84. The van der Waals surface area contributed by atoms with E-state index in [4.69, 9.17) is 0 Å². The van der Waals surface area contributed by atoms with Crippen molar-refractivity contribution in [1.82, 2.24) is 10.2 Å². The molecule has 126 valence electrons. The molecule has 23 heavy (non-hydrogen) atoms. The standard InChI is InChI=1S/C19H28N2O2/c1-16(22)20-13-7-3-6-10-19(23)21-14-11-18(12-15-21)17-8-4-2-5-9-17/h2,4-5,8-9,18H,3,6-7,10-15H2,1H3,(H,20,22). The Bertz CT molecular complexity index is 493. The van der Waals surface area contributed by atoms with E-state index in [1.165, 1.54) is 12.5 Å². The van der Waals surface area contributed by atoms with Gasteiger partial charge >= 0.3 is 0 Å². The first-order valence-electron chi connectivity index (χ1n) is 8.74. The summed E-state index contributed by atoms with van der Waals surface area (Å²) in [5.41, 5.74) is 1.40. The molecule has 1 aromatic rings. The zero-order valence-corrected chi connectivity index (χ0v) is 14.1. The molecule has 1 saturated heterocycles. The Morgan fingerprint density at radius 1 is 1.09 bits per heavy atom. The first-order chi connectivity index (χ1) is 11.2. The van der Waals surface area contributed by atoms with Crippen LogP contribution in [-0.2, 0) is 9.59 Å². The van der Waals surface area contributed by atoms with Gasteiger partial charge in [0.05, 0.1) is 0 Å². The van der Waals surface area contributed by atoms with Gasteiger partial charge in [0.2, 0.25) is 11.8 Å². The highest BCUT2D eigenvalue weighted by Crippen LogP contribution is 2.28. The normalized spacial score (nSPS) is 15.4. The van der Waals surface area contributed by atoms with Crippen molar-refractivity contribution >= 4 is 11.8 Å². The van der Waals surface area contributed by atoms with E-state index in [9.17, 15) is 9.59 Å². The third-order valence-corrected chi connectivity index (χ3v) is 4.56. The molecule has 4 nitrogen and oxygen atoms in total. The maximum absolute atomic E-state index is 12.2. The molecule has 2 rings (SSSR count). The van der Waals surface area contributed by atoms with Crippen molar-refractivity contribution in [2.75, 3.05) is 19.6 Å². The van der Waals surface area contributed by atoms with Crippen LogP contribution in [-0.4, -0.2) is 36.3 Å². The van der Waals surface area contributed by atoms with Crippen molar-refractivity contribution < 1.29 is 9.59 Å². The molecule has 1 N–H and O–H groups in total. The van der Waals surface area contributed by atoms with Gasteiger partial charge in [0.25, 0.3) is 0 Å². The molecule has 0 aliphatic carbocycles. The highest BCUT2D eigenvalue weighted by Gasteiger charge is 2.23. The zero-order chi connectivity index (χ0) is 16.5. The molecule has 1 aliphatic heterocycles. The van der Waals surface area contributed by atoms with Gasteiger partial charge in [-0.25, -0.2) is 0 Å². The molecule has 0 atom stereocenters. The van der Waals surface area contributed by atoms with Gasteiger partial charge in [-0.1, -0.05) is 36.8 Å². The third kappa shape index (κ3) is 6.05. The van der Waals surface area contributed by atoms with Crippen LogP contribution in [0.15, 0.2) is 30.3 Å². The summed E-state index contributed by atoms with van der Waals surface area (Å²) < 4.78 is 0. The first kappa shape index (κ1) is 17.5. The minimum atomic E-state index is 0.0161. The summed E-state index contributed by atoms with van der Waals surface area (Å²) in [6, 6.07) is 10.6. The Morgan fingerprint density at radius 3 is 2.43 bits per heavy atom. The van der Waals surface area contributed by atoms with Crippen LogP contribution >= 0.6 is 0 Å². The average Bonchev–Trinajstić information content (AvgIpc) is 2.58. The molecular formula is C19H28N2O2. The number of carbonyl (C=O) groups excluding carboxylic acids is 2. The molecule has 2 amide bonds. The number of hydrogen-bond acceptors (Lipinski definition) is 2. The smallest absolute Gasteiger partial charge is 0.222 e. The van der Waals surface area contributed by atoms with Crippen LogP contribution < -0.4 is 5.32 Å². The molecule has 0 saturated carbocycles. The number of unbranched alkanes of at least 4 members (excludes halogenated alkanes) is 2. The molecule has 1 heterocycles. The summed E-state index contributed by atoms with van der Waals surface area (Å²) in [4.78, 5) is 25.0. The van der Waals surface area contributed by atoms with E-state index in [0.29, 0.717) is 18.9 Å². The van der Waals surface area contributed by atoms with Crippen molar-refractivity contribution in [3.63, 3.8) is 0 Å². The van der Waals surface area contributed by atoms with Crippen molar-refractivity contribution in [1.29, 1.82) is 0 Å². The highest BCUT2D eigenvalue weighted by atomic mass is 16.2. The molecule has 0 unspecified atom stereocenters. The fourth-order valence-electron chi connectivity index (χ4n) is 3.19. The quantitative estimate of drug-likeness (QED) is 0.786. The molecule has 0 aromatic heterocycles. The van der Waals surface area contributed by atoms with E-state index < -0.39 is 0 Å². The molecule has 1 aliphatic rings. The largest absolute Gasteiger partial charge is 0.356 e. The fraction of sp³-hybridized carbons (Fsp3) is 0.579. The molecular weight excluding hydrogens is 288 g/mol. The summed E-state index contributed by atoms with van der Waals surface area (Å²) in [5.74, 6) is 0.899. The number of carbonyl (C=O) groups is 2. The fourth-order valence-corrected chi connectivity index (χ4v) is 3.19.